The molecule has 1 aliphatic heterocycles. The maximum atomic E-state index is 14.1. The van der Waals surface area contributed by atoms with Crippen LogP contribution in [0.25, 0.3) is 22.7 Å². The Morgan fingerprint density at radius 1 is 1.05 bits per heavy atom. The third-order valence-corrected chi connectivity index (χ3v) is 8.48. The van der Waals surface area contributed by atoms with Gasteiger partial charge in [0.05, 0.1) is 23.4 Å². The highest BCUT2D eigenvalue weighted by Gasteiger charge is 2.32. The molecule has 182 valence electrons. The van der Waals surface area contributed by atoms with E-state index in [1.807, 2.05) is 41.0 Å². The lowest BCUT2D eigenvalue weighted by Gasteiger charge is -2.31. The average Bonchev–Trinajstić information content (AvgIpc) is 3.42. The van der Waals surface area contributed by atoms with Crippen LogP contribution in [0, 0.1) is 6.92 Å². The van der Waals surface area contributed by atoms with Crippen LogP contribution >= 0.6 is 11.3 Å². The number of aromatic nitrogens is 2. The van der Waals surface area contributed by atoms with E-state index in [4.69, 9.17) is 9.73 Å². The molecule has 0 unspecified atom stereocenters. The summed E-state index contributed by atoms with van der Waals surface area (Å²) in [5, 5.41) is 1.11. The van der Waals surface area contributed by atoms with Crippen LogP contribution in [0.5, 0.6) is 5.75 Å². The van der Waals surface area contributed by atoms with Crippen molar-refractivity contribution < 1.29 is 4.74 Å². The SMILES string of the molecule is COc1cccc([C@H]2C3=C(N=c4s/c(=C\c5c(C)[nH]c6ccccc56)c(=O)n42)c2ccccc2CC3)c1. The number of fused-ring (bicyclic) bond motifs is 4. The number of rotatable bonds is 3. The molecule has 3 heterocycles. The second kappa shape index (κ2) is 8.46. The Morgan fingerprint density at radius 2 is 1.89 bits per heavy atom. The van der Waals surface area contributed by atoms with E-state index >= 15 is 0 Å². The first-order valence-electron chi connectivity index (χ1n) is 12.5. The number of nitrogens with zero attached hydrogens (tertiary/aromatic N) is 2. The lowest BCUT2D eigenvalue weighted by molar-refractivity contribution is 0.413. The van der Waals surface area contributed by atoms with Crippen molar-refractivity contribution in [3.8, 4) is 5.75 Å². The third-order valence-electron chi connectivity index (χ3n) is 7.50. The molecule has 3 aromatic carbocycles. The minimum absolute atomic E-state index is 0.00772. The van der Waals surface area contributed by atoms with Gasteiger partial charge in [-0.2, -0.15) is 0 Å². The van der Waals surface area contributed by atoms with Crippen LogP contribution in [0.1, 0.15) is 40.4 Å². The zero-order valence-electron chi connectivity index (χ0n) is 20.6. The summed E-state index contributed by atoms with van der Waals surface area (Å²) in [6.45, 7) is 2.05. The largest absolute Gasteiger partial charge is 0.497 e. The summed E-state index contributed by atoms with van der Waals surface area (Å²) in [4.78, 5) is 23.4. The molecule has 2 aliphatic rings. The van der Waals surface area contributed by atoms with E-state index in [-0.39, 0.29) is 11.6 Å². The number of ether oxygens (including phenoxy) is 1. The molecule has 37 heavy (non-hydrogen) atoms. The van der Waals surface area contributed by atoms with Crippen molar-refractivity contribution in [2.75, 3.05) is 7.11 Å². The molecule has 0 spiro atoms. The van der Waals surface area contributed by atoms with E-state index in [1.165, 1.54) is 28.0 Å². The van der Waals surface area contributed by atoms with Crippen molar-refractivity contribution in [1.29, 1.82) is 0 Å². The molecule has 5 nitrogen and oxygen atoms in total. The molecule has 2 aromatic heterocycles. The van der Waals surface area contributed by atoms with E-state index in [2.05, 4.69) is 54.4 Å². The van der Waals surface area contributed by atoms with Gasteiger partial charge in [-0.05, 0) is 60.7 Å². The van der Waals surface area contributed by atoms with Gasteiger partial charge in [-0.25, -0.2) is 4.99 Å². The number of allylic oxidation sites excluding steroid dienone is 1. The smallest absolute Gasteiger partial charge is 0.271 e. The van der Waals surface area contributed by atoms with Crippen LogP contribution in [0.2, 0.25) is 0 Å². The van der Waals surface area contributed by atoms with Crippen molar-refractivity contribution in [2.45, 2.75) is 25.8 Å². The average molecular weight is 504 g/mol. The summed E-state index contributed by atoms with van der Waals surface area (Å²) >= 11 is 1.47. The Bertz CT molecular complexity index is 1920. The molecule has 0 radical (unpaired) electrons. The van der Waals surface area contributed by atoms with Crippen LogP contribution in [-0.4, -0.2) is 16.7 Å². The molecule has 1 N–H and O–H groups in total. The second-order valence-electron chi connectivity index (χ2n) is 9.60. The van der Waals surface area contributed by atoms with Gasteiger partial charge in [0.25, 0.3) is 5.56 Å². The Kier molecular flexibility index (Phi) is 5.04. The van der Waals surface area contributed by atoms with Crippen molar-refractivity contribution in [3.63, 3.8) is 0 Å². The summed E-state index contributed by atoms with van der Waals surface area (Å²) in [6.07, 6.45) is 3.82. The van der Waals surface area contributed by atoms with E-state index in [0.717, 1.165) is 56.8 Å². The fraction of sp³-hybridized carbons (Fsp3) is 0.161. The number of hydrogen-bond acceptors (Lipinski definition) is 4. The van der Waals surface area contributed by atoms with Gasteiger partial charge in [-0.1, -0.05) is 65.9 Å². The zero-order chi connectivity index (χ0) is 25.1. The molecule has 1 atom stereocenters. The fourth-order valence-electron chi connectivity index (χ4n) is 5.75. The molecule has 0 bridgehead atoms. The summed E-state index contributed by atoms with van der Waals surface area (Å²) in [5.41, 5.74) is 8.87. The van der Waals surface area contributed by atoms with Gasteiger partial charge in [-0.3, -0.25) is 9.36 Å². The molecule has 6 heteroatoms. The van der Waals surface area contributed by atoms with Gasteiger partial charge in [0, 0.05) is 27.7 Å². The first-order chi connectivity index (χ1) is 18.1. The Balaban J connectivity index is 1.51. The van der Waals surface area contributed by atoms with Crippen molar-refractivity contribution in [2.24, 2.45) is 4.99 Å². The number of nitrogens with one attached hydrogen (secondary N) is 1. The fourth-order valence-corrected chi connectivity index (χ4v) is 6.73. The number of methoxy groups -OCH3 is 1. The van der Waals surface area contributed by atoms with E-state index in [9.17, 15) is 4.79 Å². The minimum atomic E-state index is -0.221. The lowest BCUT2D eigenvalue weighted by Crippen LogP contribution is -2.38. The highest BCUT2D eigenvalue weighted by Crippen LogP contribution is 2.41. The topological polar surface area (TPSA) is 59.4 Å². The third kappa shape index (κ3) is 3.44. The molecule has 0 fully saturated rings. The minimum Gasteiger partial charge on any atom is -0.497 e. The maximum Gasteiger partial charge on any atom is 0.271 e. The van der Waals surface area contributed by atoms with Gasteiger partial charge in [-0.15, -0.1) is 0 Å². The van der Waals surface area contributed by atoms with Gasteiger partial charge < -0.3 is 9.72 Å². The van der Waals surface area contributed by atoms with Crippen LogP contribution in [0.15, 0.2) is 88.2 Å². The van der Waals surface area contributed by atoms with E-state index in [0.29, 0.717) is 4.53 Å². The summed E-state index contributed by atoms with van der Waals surface area (Å²) < 4.78 is 8.13. The first-order valence-corrected chi connectivity index (χ1v) is 13.3. The van der Waals surface area contributed by atoms with Gasteiger partial charge in [0.1, 0.15) is 5.75 Å². The number of benzene rings is 3. The zero-order valence-corrected chi connectivity index (χ0v) is 21.4. The second-order valence-corrected chi connectivity index (χ2v) is 10.6. The number of hydrogen-bond donors (Lipinski definition) is 1. The molecule has 1 aliphatic carbocycles. The summed E-state index contributed by atoms with van der Waals surface area (Å²) in [6, 6.07) is 24.6. The molecule has 0 saturated heterocycles. The Hall–Kier alpha value is -4.16. The monoisotopic (exact) mass is 503 g/mol. The predicted octanol–water partition coefficient (Wildman–Crippen LogP) is 5.12. The van der Waals surface area contributed by atoms with E-state index < -0.39 is 0 Å². The number of aryl methyl sites for hydroxylation is 2. The summed E-state index contributed by atoms with van der Waals surface area (Å²) in [7, 11) is 1.68. The number of aromatic amines is 1. The first kappa shape index (κ1) is 22.1. The predicted molar refractivity (Wildman–Crippen MR) is 149 cm³/mol. The van der Waals surface area contributed by atoms with Crippen LogP contribution < -0.4 is 19.6 Å². The highest BCUT2D eigenvalue weighted by atomic mass is 32.1. The maximum absolute atomic E-state index is 14.1. The highest BCUT2D eigenvalue weighted by molar-refractivity contribution is 7.07. The summed E-state index contributed by atoms with van der Waals surface area (Å²) in [5.74, 6) is 0.782. The lowest BCUT2D eigenvalue weighted by atomic mass is 9.83. The normalized spacial score (nSPS) is 16.8. The van der Waals surface area contributed by atoms with Gasteiger partial charge >= 0.3 is 0 Å². The Morgan fingerprint density at radius 3 is 2.78 bits per heavy atom. The molecule has 0 saturated carbocycles. The van der Waals surface area contributed by atoms with Crippen LogP contribution in [0.4, 0.5) is 0 Å². The van der Waals surface area contributed by atoms with Gasteiger partial charge in [0.2, 0.25) is 0 Å². The van der Waals surface area contributed by atoms with Crippen LogP contribution in [0.3, 0.4) is 0 Å². The molecular formula is C31H25N3O2S. The molecule has 0 amide bonds. The van der Waals surface area contributed by atoms with Gasteiger partial charge in [0.15, 0.2) is 4.80 Å². The number of H-pyrrole nitrogens is 1. The van der Waals surface area contributed by atoms with Crippen molar-refractivity contribution in [3.05, 3.63) is 126 Å². The Labute approximate surface area is 217 Å². The number of para-hydroxylation sites is 1. The number of thiazole rings is 1. The van der Waals surface area contributed by atoms with Crippen LogP contribution in [-0.2, 0) is 6.42 Å². The van der Waals surface area contributed by atoms with E-state index in [1.54, 1.807) is 7.11 Å². The van der Waals surface area contributed by atoms with Crippen molar-refractivity contribution >= 4 is 34.0 Å². The molecular weight excluding hydrogens is 478 g/mol. The molecule has 7 rings (SSSR count). The molecule has 5 aromatic rings. The van der Waals surface area contributed by atoms with Crippen molar-refractivity contribution in [1.82, 2.24) is 9.55 Å². The quantitative estimate of drug-likeness (QED) is 0.372. The standard InChI is InChI=1S/C31H25N3O2S/c1-18-25(23-12-5-6-13-26(23)32-18)17-27-30(35)34-29(20-9-7-10-21(16-20)36-2)24-15-14-19-8-3-4-11-22(19)28(24)33-31(34)37-27/h3-13,16-17,29,32H,14-15H2,1-2H3/b27-17-/t29-/m0/s1.